The summed E-state index contributed by atoms with van der Waals surface area (Å²) in [6.45, 7) is 5.82. The molecule has 25 heavy (non-hydrogen) atoms. The molecule has 0 spiro atoms. The fourth-order valence-electron chi connectivity index (χ4n) is 3.10. The molecule has 1 unspecified atom stereocenters. The van der Waals surface area contributed by atoms with Crippen LogP contribution in [0.5, 0.6) is 0 Å². The van der Waals surface area contributed by atoms with E-state index in [1.165, 1.54) is 7.11 Å². The van der Waals surface area contributed by atoms with Crippen LogP contribution in [0.2, 0.25) is 0 Å². The molecule has 7 nitrogen and oxygen atoms in total. The van der Waals surface area contributed by atoms with Gasteiger partial charge in [-0.25, -0.2) is 0 Å². The molecule has 1 atom stereocenters. The molecular weight excluding hydrogens is 344 g/mol. The van der Waals surface area contributed by atoms with Crippen LogP contribution >= 0.6 is 12.4 Å². The van der Waals surface area contributed by atoms with E-state index in [0.29, 0.717) is 18.5 Å². The molecule has 0 bridgehead atoms. The zero-order valence-corrected chi connectivity index (χ0v) is 16.0. The van der Waals surface area contributed by atoms with Crippen LogP contribution in [0, 0.1) is 0 Å². The van der Waals surface area contributed by atoms with Crippen LogP contribution in [0.25, 0.3) is 0 Å². The van der Waals surface area contributed by atoms with Crippen LogP contribution < -0.4 is 10.6 Å². The minimum Gasteiger partial charge on any atom is -0.469 e. The SMILES string of the molecule is CCC(CC)(CC(=O)OC)NC(=O)c1ccn(C2CCCNC2)n1.Cl. The van der Waals surface area contributed by atoms with E-state index in [4.69, 9.17) is 4.74 Å². The lowest BCUT2D eigenvalue weighted by Gasteiger charge is -2.31. The van der Waals surface area contributed by atoms with E-state index >= 15 is 0 Å². The van der Waals surface area contributed by atoms with Crippen molar-refractivity contribution in [2.45, 2.75) is 57.5 Å². The van der Waals surface area contributed by atoms with Gasteiger partial charge in [-0.3, -0.25) is 14.3 Å². The maximum atomic E-state index is 12.6. The second-order valence-corrected chi connectivity index (χ2v) is 6.38. The molecule has 8 heteroatoms. The molecule has 2 N–H and O–H groups in total. The number of carbonyl (C=O) groups is 2. The highest BCUT2D eigenvalue weighted by atomic mass is 35.5. The lowest BCUT2D eigenvalue weighted by molar-refractivity contribution is -0.142. The van der Waals surface area contributed by atoms with Crippen molar-refractivity contribution in [3.63, 3.8) is 0 Å². The van der Waals surface area contributed by atoms with Crippen molar-refractivity contribution in [1.29, 1.82) is 0 Å². The predicted octanol–water partition coefficient (Wildman–Crippen LogP) is 2.08. The third-order valence-corrected chi connectivity index (χ3v) is 4.93. The molecule has 142 valence electrons. The molecule has 1 fully saturated rings. The second-order valence-electron chi connectivity index (χ2n) is 6.38. The van der Waals surface area contributed by atoms with Gasteiger partial charge in [0.05, 0.1) is 25.1 Å². The Labute approximate surface area is 155 Å². The number of carbonyl (C=O) groups excluding carboxylic acids is 2. The van der Waals surface area contributed by atoms with E-state index in [9.17, 15) is 9.59 Å². The first-order valence-electron chi connectivity index (χ1n) is 8.68. The van der Waals surface area contributed by atoms with Crippen molar-refractivity contribution in [3.05, 3.63) is 18.0 Å². The van der Waals surface area contributed by atoms with Crippen LogP contribution in [0.1, 0.15) is 62.5 Å². The second kappa shape index (κ2) is 9.77. The average molecular weight is 373 g/mol. The first kappa shape index (κ1) is 21.4. The number of nitrogens with one attached hydrogen (secondary N) is 2. The zero-order chi connectivity index (χ0) is 17.6. The molecule has 1 aliphatic rings. The standard InChI is InChI=1S/C17H28N4O3.ClH/c1-4-17(5-2,11-15(22)24-3)19-16(23)14-8-10-21(20-14)13-7-6-9-18-12-13;/h8,10,13,18H,4-7,9,11-12H2,1-3H3,(H,19,23);1H. The molecule has 1 aliphatic heterocycles. The molecule has 2 rings (SSSR count). The molecule has 1 amide bonds. The Morgan fingerprint density at radius 1 is 1.44 bits per heavy atom. The van der Waals surface area contributed by atoms with Crippen molar-refractivity contribution in [1.82, 2.24) is 20.4 Å². The summed E-state index contributed by atoms with van der Waals surface area (Å²) in [5, 5.41) is 10.8. The molecular formula is C17H29ClN4O3. The Morgan fingerprint density at radius 2 is 2.16 bits per heavy atom. The summed E-state index contributed by atoms with van der Waals surface area (Å²) >= 11 is 0. The van der Waals surface area contributed by atoms with Gasteiger partial charge in [0.1, 0.15) is 5.69 Å². The summed E-state index contributed by atoms with van der Waals surface area (Å²) < 4.78 is 6.63. The van der Waals surface area contributed by atoms with Gasteiger partial charge in [-0.15, -0.1) is 12.4 Å². The van der Waals surface area contributed by atoms with Crippen LogP contribution in [0.15, 0.2) is 12.3 Å². The third kappa shape index (κ3) is 5.44. The van der Waals surface area contributed by atoms with E-state index in [0.717, 1.165) is 25.9 Å². The molecule has 0 aliphatic carbocycles. The number of halogens is 1. The van der Waals surface area contributed by atoms with Crippen LogP contribution in [-0.2, 0) is 9.53 Å². The molecule has 0 saturated carbocycles. The van der Waals surface area contributed by atoms with Crippen molar-refractivity contribution in [3.8, 4) is 0 Å². The molecule has 2 heterocycles. The normalized spacial score (nSPS) is 17.5. The number of ether oxygens (including phenoxy) is 1. The summed E-state index contributed by atoms with van der Waals surface area (Å²) in [5.74, 6) is -0.567. The Morgan fingerprint density at radius 3 is 2.72 bits per heavy atom. The van der Waals surface area contributed by atoms with Gasteiger partial charge in [-0.05, 0) is 38.3 Å². The zero-order valence-electron chi connectivity index (χ0n) is 15.2. The number of piperidine rings is 1. The number of hydrogen-bond donors (Lipinski definition) is 2. The van der Waals surface area contributed by atoms with Crippen molar-refractivity contribution in [2.24, 2.45) is 0 Å². The summed E-state index contributed by atoms with van der Waals surface area (Å²) in [6.07, 6.45) is 5.49. The molecule has 1 aromatic rings. The summed E-state index contributed by atoms with van der Waals surface area (Å²) in [6, 6.07) is 2.02. The van der Waals surface area contributed by atoms with Gasteiger partial charge in [0.15, 0.2) is 0 Å². The first-order chi connectivity index (χ1) is 11.5. The van der Waals surface area contributed by atoms with Gasteiger partial charge >= 0.3 is 5.97 Å². The molecule has 0 aromatic carbocycles. The highest BCUT2D eigenvalue weighted by Crippen LogP contribution is 2.22. The van der Waals surface area contributed by atoms with Gasteiger partial charge in [-0.1, -0.05) is 13.8 Å². The van der Waals surface area contributed by atoms with Crippen molar-refractivity contribution < 1.29 is 14.3 Å². The van der Waals surface area contributed by atoms with E-state index in [2.05, 4.69) is 15.7 Å². The molecule has 0 radical (unpaired) electrons. The maximum absolute atomic E-state index is 12.6. The van der Waals surface area contributed by atoms with Gasteiger partial charge in [0.2, 0.25) is 0 Å². The van der Waals surface area contributed by atoms with Crippen LogP contribution in [-0.4, -0.2) is 47.4 Å². The minimum atomic E-state index is -0.597. The van der Waals surface area contributed by atoms with Crippen LogP contribution in [0.3, 0.4) is 0 Å². The monoisotopic (exact) mass is 372 g/mol. The Hall–Kier alpha value is -1.60. The number of esters is 1. The largest absolute Gasteiger partial charge is 0.469 e. The van der Waals surface area contributed by atoms with Gasteiger partial charge < -0.3 is 15.4 Å². The highest BCUT2D eigenvalue weighted by Gasteiger charge is 2.32. The van der Waals surface area contributed by atoms with E-state index < -0.39 is 5.54 Å². The molecule has 1 aromatic heterocycles. The molecule has 1 saturated heterocycles. The average Bonchev–Trinajstić information content (AvgIpc) is 3.12. The predicted molar refractivity (Wildman–Crippen MR) is 98.0 cm³/mol. The lowest BCUT2D eigenvalue weighted by atomic mass is 9.88. The highest BCUT2D eigenvalue weighted by molar-refractivity contribution is 5.93. The Bertz CT molecular complexity index is 566. The minimum absolute atomic E-state index is 0. The quantitative estimate of drug-likeness (QED) is 0.716. The number of methoxy groups -OCH3 is 1. The number of rotatable bonds is 7. The van der Waals surface area contributed by atoms with Crippen molar-refractivity contribution >= 4 is 24.3 Å². The van der Waals surface area contributed by atoms with Gasteiger partial charge in [0.25, 0.3) is 5.91 Å². The number of amides is 1. The Kier molecular flexibility index (Phi) is 8.38. The summed E-state index contributed by atoms with van der Waals surface area (Å²) in [5.41, 5.74) is -0.211. The van der Waals surface area contributed by atoms with E-state index in [-0.39, 0.29) is 36.7 Å². The number of aromatic nitrogens is 2. The summed E-state index contributed by atoms with van der Waals surface area (Å²) in [4.78, 5) is 24.3. The fourth-order valence-corrected chi connectivity index (χ4v) is 3.10. The van der Waals surface area contributed by atoms with Crippen molar-refractivity contribution in [2.75, 3.05) is 20.2 Å². The van der Waals surface area contributed by atoms with Crippen LogP contribution in [0.4, 0.5) is 0 Å². The first-order valence-corrected chi connectivity index (χ1v) is 8.68. The number of nitrogens with zero attached hydrogens (tertiary/aromatic N) is 2. The Balaban J connectivity index is 0.00000312. The van der Waals surface area contributed by atoms with Gasteiger partial charge in [0, 0.05) is 12.7 Å². The van der Waals surface area contributed by atoms with Gasteiger partial charge in [-0.2, -0.15) is 5.10 Å². The topological polar surface area (TPSA) is 85.2 Å². The van der Waals surface area contributed by atoms with E-state index in [1.807, 2.05) is 24.7 Å². The fraction of sp³-hybridized carbons (Fsp3) is 0.706. The summed E-state index contributed by atoms with van der Waals surface area (Å²) in [7, 11) is 1.36. The maximum Gasteiger partial charge on any atom is 0.307 e. The third-order valence-electron chi connectivity index (χ3n) is 4.93. The smallest absolute Gasteiger partial charge is 0.307 e. The number of hydrogen-bond acceptors (Lipinski definition) is 5. The lowest BCUT2D eigenvalue weighted by Crippen LogP contribution is -2.49. The van der Waals surface area contributed by atoms with E-state index in [1.54, 1.807) is 6.07 Å².